The zero-order valence-electron chi connectivity index (χ0n) is 19.0. The molecule has 2 heterocycles. The maximum absolute atomic E-state index is 13.9. The van der Waals surface area contributed by atoms with Gasteiger partial charge < -0.3 is 15.8 Å². The van der Waals surface area contributed by atoms with Crippen molar-refractivity contribution < 1.29 is 31.9 Å². The summed E-state index contributed by atoms with van der Waals surface area (Å²) < 4.78 is 61.6. The highest BCUT2D eigenvalue weighted by atomic mass is 19.4. The first-order valence-corrected chi connectivity index (χ1v) is 10.5. The lowest BCUT2D eigenvalue weighted by Gasteiger charge is -2.12. The molecule has 2 amide bonds. The molecule has 0 aliphatic rings. The molecule has 0 bridgehead atoms. The molecule has 36 heavy (non-hydrogen) atoms. The van der Waals surface area contributed by atoms with E-state index in [-0.39, 0.29) is 34.4 Å². The number of anilines is 1. The number of nitrogens with zero attached hydrogens (tertiary/aromatic N) is 3. The molecule has 0 unspecified atom stereocenters. The van der Waals surface area contributed by atoms with Crippen LogP contribution in [0, 0.1) is 12.7 Å². The summed E-state index contributed by atoms with van der Waals surface area (Å²) in [6.07, 6.45) is -4.88. The number of nitrogens with two attached hydrogens (primary N) is 1. The summed E-state index contributed by atoms with van der Waals surface area (Å²) in [5.74, 6) is -2.13. The monoisotopic (exact) mass is 501 g/mol. The van der Waals surface area contributed by atoms with Gasteiger partial charge in [0.25, 0.3) is 11.8 Å². The Balaban J connectivity index is 1.77. The molecule has 0 saturated carbocycles. The van der Waals surface area contributed by atoms with E-state index in [0.717, 1.165) is 22.9 Å². The van der Waals surface area contributed by atoms with Gasteiger partial charge in [-0.3, -0.25) is 14.3 Å². The van der Waals surface area contributed by atoms with E-state index < -0.39 is 35.2 Å². The average molecular weight is 501 g/mol. The van der Waals surface area contributed by atoms with Gasteiger partial charge in [0.1, 0.15) is 17.3 Å². The first-order chi connectivity index (χ1) is 17.0. The molecule has 0 spiro atoms. The van der Waals surface area contributed by atoms with Crippen LogP contribution < -0.4 is 15.8 Å². The van der Waals surface area contributed by atoms with Crippen molar-refractivity contribution in [2.75, 3.05) is 12.4 Å². The van der Waals surface area contributed by atoms with Gasteiger partial charge in [0, 0.05) is 11.5 Å². The molecule has 186 valence electrons. The average Bonchev–Trinajstić information content (AvgIpc) is 3.13. The number of hydrogen-bond acceptors (Lipinski definition) is 5. The molecule has 0 atom stereocenters. The second-order valence-corrected chi connectivity index (χ2v) is 7.85. The summed E-state index contributed by atoms with van der Waals surface area (Å²) in [4.78, 5) is 28.8. The second kappa shape index (κ2) is 9.29. The number of amides is 2. The molecule has 2 aromatic heterocycles. The van der Waals surface area contributed by atoms with Crippen molar-refractivity contribution in [1.29, 1.82) is 0 Å². The lowest BCUT2D eigenvalue weighted by molar-refractivity contribution is -0.140. The van der Waals surface area contributed by atoms with Crippen LogP contribution in [0.3, 0.4) is 0 Å². The summed E-state index contributed by atoms with van der Waals surface area (Å²) >= 11 is 0. The van der Waals surface area contributed by atoms with Gasteiger partial charge in [0.05, 0.1) is 36.1 Å². The summed E-state index contributed by atoms with van der Waals surface area (Å²) in [5, 5.41) is 6.08. The van der Waals surface area contributed by atoms with Crippen LogP contribution in [0.4, 0.5) is 23.2 Å². The third kappa shape index (κ3) is 4.83. The number of methoxy groups -OCH3 is 1. The third-order valence-corrected chi connectivity index (χ3v) is 5.45. The van der Waals surface area contributed by atoms with Gasteiger partial charge in [-0.2, -0.15) is 18.3 Å². The summed E-state index contributed by atoms with van der Waals surface area (Å²) in [6, 6.07) is 11.1. The molecule has 0 aliphatic heterocycles. The summed E-state index contributed by atoms with van der Waals surface area (Å²) in [5.41, 5.74) is 3.47. The van der Waals surface area contributed by atoms with Crippen molar-refractivity contribution in [2.45, 2.75) is 19.6 Å². The summed E-state index contributed by atoms with van der Waals surface area (Å²) in [6.45, 7) is 1.36. The van der Waals surface area contributed by atoms with Crippen molar-refractivity contribution in [3.63, 3.8) is 0 Å². The molecule has 0 fully saturated rings. The van der Waals surface area contributed by atoms with Gasteiger partial charge in [-0.25, -0.2) is 9.37 Å². The van der Waals surface area contributed by atoms with Crippen LogP contribution in [0.25, 0.3) is 10.9 Å². The van der Waals surface area contributed by atoms with Gasteiger partial charge in [0.15, 0.2) is 5.69 Å². The number of primary amides is 1. The molecule has 8 nitrogen and oxygen atoms in total. The van der Waals surface area contributed by atoms with Crippen LogP contribution in [0.15, 0.2) is 48.5 Å². The molecule has 2 aromatic carbocycles. The standard InChI is InChI=1S/C24H19F4N5O3/c1-12-20(21(24(26,27)28)32-33(12)11-13-4-3-5-15(8-13)36-2)31-23(35)17-10-19(22(29)34)30-18-9-14(25)6-7-16(17)18/h3-10H,11H2,1-2H3,(H2,29,34)(H,31,35). The molecular weight excluding hydrogens is 482 g/mol. The van der Waals surface area contributed by atoms with Crippen LogP contribution in [-0.2, 0) is 12.7 Å². The Morgan fingerprint density at radius 3 is 2.56 bits per heavy atom. The highest BCUT2D eigenvalue weighted by Gasteiger charge is 2.39. The number of benzene rings is 2. The molecule has 4 aromatic rings. The predicted molar refractivity (Wildman–Crippen MR) is 122 cm³/mol. The number of rotatable bonds is 6. The van der Waals surface area contributed by atoms with Crippen LogP contribution in [0.5, 0.6) is 5.75 Å². The van der Waals surface area contributed by atoms with E-state index in [4.69, 9.17) is 10.5 Å². The number of hydrogen-bond donors (Lipinski definition) is 2. The fourth-order valence-corrected chi connectivity index (χ4v) is 3.69. The van der Waals surface area contributed by atoms with Gasteiger partial charge in [-0.15, -0.1) is 0 Å². The Labute approximate surface area is 201 Å². The smallest absolute Gasteiger partial charge is 0.437 e. The Morgan fingerprint density at radius 2 is 1.89 bits per heavy atom. The van der Waals surface area contributed by atoms with Gasteiger partial charge in [-0.05, 0) is 42.8 Å². The van der Waals surface area contributed by atoms with Crippen molar-refractivity contribution in [3.05, 3.63) is 82.6 Å². The molecule has 4 rings (SSSR count). The molecule has 0 aliphatic carbocycles. The number of ether oxygens (including phenoxy) is 1. The van der Waals surface area contributed by atoms with Gasteiger partial charge >= 0.3 is 6.18 Å². The van der Waals surface area contributed by atoms with Crippen LogP contribution in [0.1, 0.15) is 37.8 Å². The number of fused-ring (bicyclic) bond motifs is 1. The second-order valence-electron chi connectivity index (χ2n) is 7.85. The normalized spacial score (nSPS) is 11.5. The number of pyridine rings is 1. The van der Waals surface area contributed by atoms with E-state index in [0.29, 0.717) is 11.3 Å². The third-order valence-electron chi connectivity index (χ3n) is 5.45. The number of aromatic nitrogens is 3. The molecule has 0 saturated heterocycles. The number of alkyl halides is 3. The zero-order valence-corrected chi connectivity index (χ0v) is 19.0. The van der Waals surface area contributed by atoms with Crippen LogP contribution in [0.2, 0.25) is 0 Å². The van der Waals surface area contributed by atoms with Gasteiger partial charge in [-0.1, -0.05) is 12.1 Å². The number of carbonyl (C=O) groups excluding carboxylic acids is 2. The van der Waals surface area contributed by atoms with Gasteiger partial charge in [0.2, 0.25) is 0 Å². The van der Waals surface area contributed by atoms with E-state index in [1.807, 2.05) is 0 Å². The first kappa shape index (κ1) is 24.6. The highest BCUT2D eigenvalue weighted by Crippen LogP contribution is 2.36. The van der Waals surface area contributed by atoms with E-state index in [2.05, 4.69) is 15.4 Å². The summed E-state index contributed by atoms with van der Waals surface area (Å²) in [7, 11) is 1.47. The minimum Gasteiger partial charge on any atom is -0.497 e. The van der Waals surface area contributed by atoms with Crippen LogP contribution >= 0.6 is 0 Å². The Hall–Kier alpha value is -4.48. The number of carbonyl (C=O) groups is 2. The molecular formula is C24H19F4N5O3. The van der Waals surface area contributed by atoms with E-state index in [9.17, 15) is 27.2 Å². The number of halogens is 4. The minimum absolute atomic E-state index is 0.0225. The number of nitrogens with one attached hydrogen (secondary N) is 1. The maximum atomic E-state index is 13.9. The van der Waals surface area contributed by atoms with Crippen LogP contribution in [-0.4, -0.2) is 33.7 Å². The van der Waals surface area contributed by atoms with E-state index in [1.54, 1.807) is 24.3 Å². The fraction of sp³-hybridized carbons (Fsp3) is 0.167. The lowest BCUT2D eigenvalue weighted by Crippen LogP contribution is -2.19. The Morgan fingerprint density at radius 1 is 1.14 bits per heavy atom. The predicted octanol–water partition coefficient (Wildman–Crippen LogP) is 4.31. The topological polar surface area (TPSA) is 112 Å². The minimum atomic E-state index is -4.88. The van der Waals surface area contributed by atoms with Crippen molar-refractivity contribution in [2.24, 2.45) is 5.73 Å². The highest BCUT2D eigenvalue weighted by molar-refractivity contribution is 6.14. The maximum Gasteiger partial charge on any atom is 0.437 e. The zero-order chi connectivity index (χ0) is 26.2. The van der Waals surface area contributed by atoms with Crippen molar-refractivity contribution in [1.82, 2.24) is 14.8 Å². The molecule has 3 N–H and O–H groups in total. The van der Waals surface area contributed by atoms with E-state index in [1.165, 1.54) is 20.1 Å². The van der Waals surface area contributed by atoms with E-state index >= 15 is 0 Å². The Bertz CT molecular complexity index is 1500. The van der Waals surface area contributed by atoms with Crippen molar-refractivity contribution in [3.8, 4) is 5.75 Å². The SMILES string of the molecule is COc1cccc(Cn2nc(C(F)(F)F)c(NC(=O)c3cc(C(N)=O)nc4cc(F)ccc34)c2C)c1. The lowest BCUT2D eigenvalue weighted by atomic mass is 10.1. The fourth-order valence-electron chi connectivity index (χ4n) is 3.69. The quantitative estimate of drug-likeness (QED) is 0.383. The molecule has 0 radical (unpaired) electrons. The Kier molecular flexibility index (Phi) is 6.35. The first-order valence-electron chi connectivity index (χ1n) is 10.5. The van der Waals surface area contributed by atoms with Crippen molar-refractivity contribution >= 4 is 28.4 Å². The molecule has 12 heteroatoms. The largest absolute Gasteiger partial charge is 0.497 e.